The molecule has 0 spiro atoms. The van der Waals surface area contributed by atoms with E-state index in [1.54, 1.807) is 35.4 Å². The van der Waals surface area contributed by atoms with E-state index in [0.717, 1.165) is 10.4 Å². The van der Waals surface area contributed by atoms with Crippen LogP contribution in [-0.2, 0) is 6.54 Å². The lowest BCUT2D eigenvalue weighted by atomic mass is 10.1. The highest BCUT2D eigenvalue weighted by molar-refractivity contribution is 7.11. The SMILES string of the molecule is Cc1ccc(F)c(C(=O)N(C)Cc2ccc(C)s2)c1. The zero-order valence-corrected chi connectivity index (χ0v) is 12.1. The highest BCUT2D eigenvalue weighted by Gasteiger charge is 2.16. The number of thiophene rings is 1. The Morgan fingerprint density at radius 1 is 1.26 bits per heavy atom. The van der Waals surface area contributed by atoms with Crippen LogP contribution in [0.3, 0.4) is 0 Å². The van der Waals surface area contributed by atoms with Gasteiger partial charge in [0.15, 0.2) is 0 Å². The van der Waals surface area contributed by atoms with Crippen molar-refractivity contribution in [3.8, 4) is 0 Å². The number of carbonyl (C=O) groups is 1. The highest BCUT2D eigenvalue weighted by Crippen LogP contribution is 2.18. The van der Waals surface area contributed by atoms with Crippen LogP contribution in [-0.4, -0.2) is 17.9 Å². The van der Waals surface area contributed by atoms with Crippen molar-refractivity contribution < 1.29 is 9.18 Å². The molecule has 0 saturated carbocycles. The summed E-state index contributed by atoms with van der Waals surface area (Å²) in [7, 11) is 1.69. The predicted molar refractivity (Wildman–Crippen MR) is 76.0 cm³/mol. The summed E-state index contributed by atoms with van der Waals surface area (Å²) in [5.74, 6) is -0.753. The maximum absolute atomic E-state index is 13.7. The van der Waals surface area contributed by atoms with E-state index in [9.17, 15) is 9.18 Å². The van der Waals surface area contributed by atoms with Crippen LogP contribution in [0.15, 0.2) is 30.3 Å². The van der Waals surface area contributed by atoms with Crippen molar-refractivity contribution in [3.63, 3.8) is 0 Å². The number of hydrogen-bond donors (Lipinski definition) is 0. The van der Waals surface area contributed by atoms with Crippen LogP contribution in [0.4, 0.5) is 4.39 Å². The summed E-state index contributed by atoms with van der Waals surface area (Å²) in [4.78, 5) is 16.1. The van der Waals surface area contributed by atoms with Crippen molar-refractivity contribution in [1.82, 2.24) is 4.90 Å². The van der Waals surface area contributed by atoms with Crippen molar-refractivity contribution in [1.29, 1.82) is 0 Å². The van der Waals surface area contributed by atoms with E-state index < -0.39 is 5.82 Å². The van der Waals surface area contributed by atoms with Gasteiger partial charge in [0, 0.05) is 16.8 Å². The summed E-state index contributed by atoms with van der Waals surface area (Å²) in [5.41, 5.74) is 1.01. The molecule has 0 fully saturated rings. The quantitative estimate of drug-likeness (QED) is 0.836. The first-order chi connectivity index (χ1) is 8.97. The second-order valence-corrected chi connectivity index (χ2v) is 6.03. The van der Waals surface area contributed by atoms with Gasteiger partial charge >= 0.3 is 0 Å². The Kier molecular flexibility index (Phi) is 4.00. The second kappa shape index (κ2) is 5.53. The van der Waals surface area contributed by atoms with Crippen molar-refractivity contribution in [3.05, 3.63) is 57.0 Å². The molecule has 100 valence electrons. The van der Waals surface area contributed by atoms with Crippen molar-refractivity contribution in [2.45, 2.75) is 20.4 Å². The van der Waals surface area contributed by atoms with Crippen molar-refractivity contribution >= 4 is 17.2 Å². The highest BCUT2D eigenvalue weighted by atomic mass is 32.1. The molecule has 2 rings (SSSR count). The second-order valence-electron chi connectivity index (χ2n) is 4.66. The molecule has 0 N–H and O–H groups in total. The lowest BCUT2D eigenvalue weighted by Gasteiger charge is -2.17. The molecular formula is C15H16FNOS. The van der Waals surface area contributed by atoms with E-state index >= 15 is 0 Å². The molecule has 1 aromatic heterocycles. The van der Waals surface area contributed by atoms with E-state index in [4.69, 9.17) is 0 Å². The number of amides is 1. The largest absolute Gasteiger partial charge is 0.336 e. The van der Waals surface area contributed by atoms with Gasteiger partial charge in [-0.15, -0.1) is 11.3 Å². The zero-order chi connectivity index (χ0) is 14.0. The summed E-state index contributed by atoms with van der Waals surface area (Å²) in [6.45, 7) is 4.37. The molecule has 0 unspecified atom stereocenters. The molecule has 0 radical (unpaired) electrons. The predicted octanol–water partition coefficient (Wildman–Crippen LogP) is 3.78. The normalized spacial score (nSPS) is 10.5. The number of carbonyl (C=O) groups excluding carboxylic acids is 1. The molecule has 0 aliphatic rings. The first-order valence-corrected chi connectivity index (χ1v) is 6.86. The molecule has 1 aromatic carbocycles. The number of benzene rings is 1. The molecule has 1 heterocycles. The van der Waals surface area contributed by atoms with Gasteiger partial charge in [0.1, 0.15) is 5.82 Å². The van der Waals surface area contributed by atoms with Gasteiger partial charge < -0.3 is 4.90 Å². The standard InChI is InChI=1S/C15H16FNOS/c1-10-4-7-14(16)13(8-10)15(18)17(3)9-12-6-5-11(2)19-12/h4-8H,9H2,1-3H3. The summed E-state index contributed by atoms with van der Waals surface area (Å²) >= 11 is 1.65. The monoisotopic (exact) mass is 277 g/mol. The Morgan fingerprint density at radius 3 is 2.63 bits per heavy atom. The number of rotatable bonds is 3. The van der Waals surface area contributed by atoms with Crippen LogP contribution in [0, 0.1) is 19.7 Å². The summed E-state index contributed by atoms with van der Waals surface area (Å²) in [5, 5.41) is 0. The number of aryl methyl sites for hydroxylation is 2. The Balaban J connectivity index is 2.16. The van der Waals surface area contributed by atoms with E-state index in [2.05, 4.69) is 0 Å². The molecule has 0 saturated heterocycles. The maximum atomic E-state index is 13.7. The van der Waals surface area contributed by atoms with Gasteiger partial charge in [-0.25, -0.2) is 4.39 Å². The average Bonchev–Trinajstić information content (AvgIpc) is 2.77. The van der Waals surface area contributed by atoms with Crippen molar-refractivity contribution in [2.24, 2.45) is 0 Å². The van der Waals surface area contributed by atoms with Gasteiger partial charge in [-0.3, -0.25) is 4.79 Å². The Hall–Kier alpha value is -1.68. The Morgan fingerprint density at radius 2 is 2.00 bits per heavy atom. The fourth-order valence-electron chi connectivity index (χ4n) is 1.88. The molecule has 0 aliphatic heterocycles. The molecule has 0 bridgehead atoms. The van der Waals surface area contributed by atoms with Gasteiger partial charge in [-0.1, -0.05) is 11.6 Å². The molecule has 4 heteroatoms. The van der Waals surface area contributed by atoms with Gasteiger partial charge in [0.2, 0.25) is 0 Å². The summed E-state index contributed by atoms with van der Waals surface area (Å²) < 4.78 is 13.7. The van der Waals surface area contributed by atoms with E-state index in [-0.39, 0.29) is 11.5 Å². The topological polar surface area (TPSA) is 20.3 Å². The summed E-state index contributed by atoms with van der Waals surface area (Å²) in [6, 6.07) is 8.61. The number of hydrogen-bond acceptors (Lipinski definition) is 2. The molecule has 1 amide bonds. The molecule has 19 heavy (non-hydrogen) atoms. The fraction of sp³-hybridized carbons (Fsp3) is 0.267. The lowest BCUT2D eigenvalue weighted by molar-refractivity contribution is 0.0781. The average molecular weight is 277 g/mol. The lowest BCUT2D eigenvalue weighted by Crippen LogP contribution is -2.26. The Labute approximate surface area is 116 Å². The summed E-state index contributed by atoms with van der Waals surface area (Å²) in [6.07, 6.45) is 0. The molecule has 2 aromatic rings. The smallest absolute Gasteiger partial charge is 0.256 e. The molecule has 0 atom stereocenters. The maximum Gasteiger partial charge on any atom is 0.256 e. The third-order valence-electron chi connectivity index (χ3n) is 2.89. The first kappa shape index (κ1) is 13.7. The number of nitrogens with zero attached hydrogens (tertiary/aromatic N) is 1. The minimum atomic E-state index is -0.468. The molecular weight excluding hydrogens is 261 g/mol. The van der Waals surface area contributed by atoms with E-state index in [1.807, 2.05) is 26.0 Å². The minimum Gasteiger partial charge on any atom is -0.336 e. The molecule has 2 nitrogen and oxygen atoms in total. The number of halogens is 1. The first-order valence-electron chi connectivity index (χ1n) is 6.04. The van der Waals surface area contributed by atoms with E-state index in [1.165, 1.54) is 10.9 Å². The Bertz CT molecular complexity index is 606. The fourth-order valence-corrected chi connectivity index (χ4v) is 2.83. The third-order valence-corrected chi connectivity index (χ3v) is 3.87. The van der Waals surface area contributed by atoms with Gasteiger partial charge in [0.05, 0.1) is 12.1 Å². The van der Waals surface area contributed by atoms with Gasteiger partial charge in [-0.05, 0) is 38.1 Å². The third kappa shape index (κ3) is 3.20. The van der Waals surface area contributed by atoms with Crippen LogP contribution >= 0.6 is 11.3 Å². The van der Waals surface area contributed by atoms with Crippen LogP contribution < -0.4 is 0 Å². The van der Waals surface area contributed by atoms with E-state index in [0.29, 0.717) is 6.54 Å². The van der Waals surface area contributed by atoms with Crippen LogP contribution in [0.1, 0.15) is 25.7 Å². The van der Waals surface area contributed by atoms with Gasteiger partial charge in [0.25, 0.3) is 5.91 Å². The minimum absolute atomic E-state index is 0.135. The molecule has 0 aliphatic carbocycles. The van der Waals surface area contributed by atoms with Gasteiger partial charge in [-0.2, -0.15) is 0 Å². The van der Waals surface area contributed by atoms with Crippen LogP contribution in [0.25, 0.3) is 0 Å². The van der Waals surface area contributed by atoms with Crippen LogP contribution in [0.5, 0.6) is 0 Å². The zero-order valence-electron chi connectivity index (χ0n) is 11.2. The van der Waals surface area contributed by atoms with Crippen LogP contribution in [0.2, 0.25) is 0 Å². The van der Waals surface area contributed by atoms with Crippen molar-refractivity contribution in [2.75, 3.05) is 7.05 Å².